The van der Waals surface area contributed by atoms with Gasteiger partial charge >= 0.3 is 0 Å². The summed E-state index contributed by atoms with van der Waals surface area (Å²) in [7, 11) is 0. The molecule has 2 aromatic rings. The van der Waals surface area contributed by atoms with Crippen molar-refractivity contribution in [3.8, 4) is 0 Å². The molecule has 17 heavy (non-hydrogen) atoms. The van der Waals surface area contributed by atoms with Crippen molar-refractivity contribution >= 4 is 16.6 Å². The Morgan fingerprint density at radius 2 is 2.24 bits per heavy atom. The summed E-state index contributed by atoms with van der Waals surface area (Å²) < 4.78 is 0. The molecule has 0 unspecified atom stereocenters. The minimum Gasteiger partial charge on any atom is -0.367 e. The van der Waals surface area contributed by atoms with Gasteiger partial charge in [-0.3, -0.25) is 0 Å². The zero-order chi connectivity index (χ0) is 11.7. The molecule has 0 saturated carbocycles. The largest absolute Gasteiger partial charge is 0.367 e. The molecule has 1 aromatic heterocycles. The quantitative estimate of drug-likeness (QED) is 0.801. The molecule has 0 spiro atoms. The van der Waals surface area contributed by atoms with Crippen LogP contribution in [0, 0.1) is 0 Å². The van der Waals surface area contributed by atoms with E-state index in [2.05, 4.69) is 39.5 Å². The van der Waals surface area contributed by atoms with Gasteiger partial charge in [0.25, 0.3) is 0 Å². The van der Waals surface area contributed by atoms with Crippen LogP contribution in [-0.2, 0) is 0 Å². The first-order chi connectivity index (χ1) is 8.34. The summed E-state index contributed by atoms with van der Waals surface area (Å²) in [6.45, 7) is 5.29. The standard InChI is InChI=1S/C13H16N4/c1-10-9-17(7-6-14-10)13-8-15-16-12-5-3-2-4-11(12)13/h2-5,8,10,14H,6-7,9H2,1H3/t10-/m1/s1. The summed E-state index contributed by atoms with van der Waals surface area (Å²) in [6.07, 6.45) is 1.88. The Bertz CT molecular complexity index is 520. The number of fused-ring (bicyclic) bond motifs is 1. The molecule has 3 rings (SSSR count). The fourth-order valence-electron chi connectivity index (χ4n) is 2.40. The molecule has 0 radical (unpaired) electrons. The van der Waals surface area contributed by atoms with E-state index in [0.717, 1.165) is 25.2 Å². The zero-order valence-electron chi connectivity index (χ0n) is 9.93. The van der Waals surface area contributed by atoms with E-state index in [-0.39, 0.29) is 0 Å². The van der Waals surface area contributed by atoms with Gasteiger partial charge in [-0.25, -0.2) is 0 Å². The number of piperazine rings is 1. The predicted molar refractivity (Wildman–Crippen MR) is 69.2 cm³/mol. The van der Waals surface area contributed by atoms with Gasteiger partial charge in [-0.15, -0.1) is 0 Å². The summed E-state index contributed by atoms with van der Waals surface area (Å²) in [6, 6.07) is 8.71. The van der Waals surface area contributed by atoms with Gasteiger partial charge in [-0.2, -0.15) is 10.2 Å². The van der Waals surface area contributed by atoms with Gasteiger partial charge in [0, 0.05) is 31.1 Å². The van der Waals surface area contributed by atoms with E-state index in [1.807, 2.05) is 18.3 Å². The lowest BCUT2D eigenvalue weighted by molar-refractivity contribution is 0.485. The second-order valence-electron chi connectivity index (χ2n) is 4.55. The van der Waals surface area contributed by atoms with Crippen molar-refractivity contribution in [1.29, 1.82) is 0 Å². The summed E-state index contributed by atoms with van der Waals surface area (Å²) in [5, 5.41) is 12.9. The van der Waals surface area contributed by atoms with E-state index in [1.165, 1.54) is 11.1 Å². The van der Waals surface area contributed by atoms with Crippen LogP contribution in [0.5, 0.6) is 0 Å². The van der Waals surface area contributed by atoms with Gasteiger partial charge in [0.05, 0.1) is 17.4 Å². The number of nitrogens with zero attached hydrogens (tertiary/aromatic N) is 3. The maximum Gasteiger partial charge on any atom is 0.0950 e. The van der Waals surface area contributed by atoms with E-state index >= 15 is 0 Å². The van der Waals surface area contributed by atoms with Crippen LogP contribution in [0.1, 0.15) is 6.92 Å². The fraction of sp³-hybridized carbons (Fsp3) is 0.385. The highest BCUT2D eigenvalue weighted by Crippen LogP contribution is 2.24. The van der Waals surface area contributed by atoms with Gasteiger partial charge < -0.3 is 10.2 Å². The Hall–Kier alpha value is -1.68. The summed E-state index contributed by atoms with van der Waals surface area (Å²) in [5.41, 5.74) is 2.17. The second kappa shape index (κ2) is 4.30. The maximum absolute atomic E-state index is 4.16. The van der Waals surface area contributed by atoms with Crippen molar-refractivity contribution in [2.75, 3.05) is 24.5 Å². The van der Waals surface area contributed by atoms with Crippen LogP contribution in [-0.4, -0.2) is 35.9 Å². The molecule has 0 amide bonds. The lowest BCUT2D eigenvalue weighted by Gasteiger charge is -2.33. The minimum atomic E-state index is 0.524. The number of hydrogen-bond acceptors (Lipinski definition) is 4. The van der Waals surface area contributed by atoms with Crippen molar-refractivity contribution < 1.29 is 0 Å². The zero-order valence-corrected chi connectivity index (χ0v) is 9.93. The molecule has 0 aliphatic carbocycles. The van der Waals surface area contributed by atoms with Crippen LogP contribution in [0.25, 0.3) is 10.9 Å². The van der Waals surface area contributed by atoms with Crippen molar-refractivity contribution in [1.82, 2.24) is 15.5 Å². The molecule has 88 valence electrons. The predicted octanol–water partition coefficient (Wildman–Crippen LogP) is 1.43. The molecule has 1 saturated heterocycles. The fourth-order valence-corrected chi connectivity index (χ4v) is 2.40. The molecule has 1 N–H and O–H groups in total. The summed E-state index contributed by atoms with van der Waals surface area (Å²) >= 11 is 0. The maximum atomic E-state index is 4.16. The second-order valence-corrected chi connectivity index (χ2v) is 4.55. The van der Waals surface area contributed by atoms with Crippen LogP contribution < -0.4 is 10.2 Å². The number of nitrogens with one attached hydrogen (secondary N) is 1. The molecule has 1 aromatic carbocycles. The van der Waals surface area contributed by atoms with Crippen LogP contribution in [0.2, 0.25) is 0 Å². The number of anilines is 1. The SMILES string of the molecule is C[C@@H]1CN(c2cnnc3ccccc23)CCN1. The van der Waals surface area contributed by atoms with Crippen LogP contribution in [0.15, 0.2) is 30.5 Å². The van der Waals surface area contributed by atoms with E-state index < -0.39 is 0 Å². The first kappa shape index (κ1) is 10.5. The first-order valence-corrected chi connectivity index (χ1v) is 6.03. The lowest BCUT2D eigenvalue weighted by Crippen LogP contribution is -2.49. The molecule has 1 atom stereocenters. The Balaban J connectivity index is 2.04. The monoisotopic (exact) mass is 228 g/mol. The molecule has 1 aliphatic heterocycles. The molecular weight excluding hydrogens is 212 g/mol. The lowest BCUT2D eigenvalue weighted by atomic mass is 10.1. The van der Waals surface area contributed by atoms with Crippen LogP contribution in [0.4, 0.5) is 5.69 Å². The third-order valence-electron chi connectivity index (χ3n) is 3.23. The Labute approximate surface area is 101 Å². The number of hydrogen-bond donors (Lipinski definition) is 1. The molecule has 2 heterocycles. The smallest absolute Gasteiger partial charge is 0.0950 e. The minimum absolute atomic E-state index is 0.524. The topological polar surface area (TPSA) is 41.1 Å². The average Bonchev–Trinajstić information content (AvgIpc) is 2.38. The third-order valence-corrected chi connectivity index (χ3v) is 3.23. The first-order valence-electron chi connectivity index (χ1n) is 6.03. The van der Waals surface area contributed by atoms with Gasteiger partial charge in [0.1, 0.15) is 0 Å². The van der Waals surface area contributed by atoms with E-state index in [9.17, 15) is 0 Å². The number of rotatable bonds is 1. The van der Waals surface area contributed by atoms with Crippen LogP contribution in [0.3, 0.4) is 0 Å². The summed E-state index contributed by atoms with van der Waals surface area (Å²) in [5.74, 6) is 0. The molecule has 4 nitrogen and oxygen atoms in total. The van der Waals surface area contributed by atoms with Crippen LogP contribution >= 0.6 is 0 Å². The number of aromatic nitrogens is 2. The van der Waals surface area contributed by atoms with Gasteiger partial charge in [-0.05, 0) is 13.0 Å². The molecular formula is C13H16N4. The van der Waals surface area contributed by atoms with Gasteiger partial charge in [-0.1, -0.05) is 18.2 Å². The molecule has 0 bridgehead atoms. The van der Waals surface area contributed by atoms with Crippen molar-refractivity contribution in [2.45, 2.75) is 13.0 Å². The highest BCUT2D eigenvalue weighted by atomic mass is 15.2. The average molecular weight is 228 g/mol. The van der Waals surface area contributed by atoms with E-state index in [1.54, 1.807) is 0 Å². The van der Waals surface area contributed by atoms with Crippen molar-refractivity contribution in [3.63, 3.8) is 0 Å². The normalized spacial score (nSPS) is 20.8. The number of benzene rings is 1. The molecule has 1 fully saturated rings. The Morgan fingerprint density at radius 1 is 1.35 bits per heavy atom. The highest BCUT2D eigenvalue weighted by molar-refractivity contribution is 5.90. The molecule has 1 aliphatic rings. The Morgan fingerprint density at radius 3 is 3.12 bits per heavy atom. The molecule has 4 heteroatoms. The summed E-state index contributed by atoms with van der Waals surface area (Å²) in [4.78, 5) is 2.39. The highest BCUT2D eigenvalue weighted by Gasteiger charge is 2.17. The van der Waals surface area contributed by atoms with Crippen molar-refractivity contribution in [2.24, 2.45) is 0 Å². The third kappa shape index (κ3) is 1.96. The van der Waals surface area contributed by atoms with E-state index in [4.69, 9.17) is 0 Å². The van der Waals surface area contributed by atoms with Gasteiger partial charge in [0.15, 0.2) is 0 Å². The van der Waals surface area contributed by atoms with Crippen molar-refractivity contribution in [3.05, 3.63) is 30.5 Å². The van der Waals surface area contributed by atoms with Gasteiger partial charge in [0.2, 0.25) is 0 Å². The Kier molecular flexibility index (Phi) is 2.65. The van der Waals surface area contributed by atoms with E-state index in [0.29, 0.717) is 6.04 Å².